The van der Waals surface area contributed by atoms with Crippen molar-refractivity contribution in [2.75, 3.05) is 5.32 Å². The zero-order chi connectivity index (χ0) is 18.3. The summed E-state index contributed by atoms with van der Waals surface area (Å²) >= 11 is 0. The van der Waals surface area contributed by atoms with Crippen LogP contribution in [0.5, 0.6) is 5.75 Å². The first-order valence-electron chi connectivity index (χ1n) is 8.37. The smallest absolute Gasteiger partial charge is 0.266 e. The van der Waals surface area contributed by atoms with Crippen LogP contribution in [0.4, 0.5) is 10.2 Å². The summed E-state index contributed by atoms with van der Waals surface area (Å²) in [6.07, 6.45) is -0.329. The molecule has 2 heterocycles. The van der Waals surface area contributed by atoms with Crippen molar-refractivity contribution in [2.45, 2.75) is 19.4 Å². The van der Waals surface area contributed by atoms with Crippen LogP contribution < -0.4 is 10.1 Å². The molecular weight excluding hydrogens is 333 g/mol. The van der Waals surface area contributed by atoms with Crippen molar-refractivity contribution in [3.05, 3.63) is 65.5 Å². The van der Waals surface area contributed by atoms with Gasteiger partial charge in [-0.2, -0.15) is 5.10 Å². The lowest BCUT2D eigenvalue weighted by Crippen LogP contribution is -2.32. The number of nitrogens with one attached hydrogen (secondary N) is 1. The van der Waals surface area contributed by atoms with Crippen LogP contribution in [0.25, 0.3) is 11.3 Å². The summed E-state index contributed by atoms with van der Waals surface area (Å²) in [5.74, 6) is 0.528. The molecule has 0 saturated heterocycles. The number of nitrogens with zero attached hydrogens (tertiary/aromatic N) is 2. The molecule has 0 fully saturated rings. The van der Waals surface area contributed by atoms with Gasteiger partial charge in [-0.15, -0.1) is 0 Å². The van der Waals surface area contributed by atoms with Gasteiger partial charge in [0.05, 0.1) is 5.69 Å². The minimum absolute atomic E-state index is 0.277. The van der Waals surface area contributed by atoms with Crippen molar-refractivity contribution in [2.24, 2.45) is 7.05 Å². The quantitative estimate of drug-likeness (QED) is 0.786. The van der Waals surface area contributed by atoms with Gasteiger partial charge >= 0.3 is 0 Å². The van der Waals surface area contributed by atoms with Gasteiger partial charge in [0, 0.05) is 30.7 Å². The lowest BCUT2D eigenvalue weighted by atomic mass is 10.1. The molecule has 5 nitrogen and oxygen atoms in total. The van der Waals surface area contributed by atoms with E-state index in [2.05, 4.69) is 10.4 Å². The van der Waals surface area contributed by atoms with Gasteiger partial charge in [-0.1, -0.05) is 24.3 Å². The second-order valence-electron chi connectivity index (χ2n) is 6.41. The summed E-state index contributed by atoms with van der Waals surface area (Å²) in [4.78, 5) is 12.6. The predicted octanol–water partition coefficient (Wildman–Crippen LogP) is 3.48. The molecule has 0 spiro atoms. The van der Waals surface area contributed by atoms with E-state index in [1.165, 1.54) is 12.1 Å². The summed E-state index contributed by atoms with van der Waals surface area (Å²) < 4.78 is 20.6. The Morgan fingerprint density at radius 3 is 2.88 bits per heavy atom. The second-order valence-corrected chi connectivity index (χ2v) is 6.41. The number of benzene rings is 2. The predicted molar refractivity (Wildman–Crippen MR) is 96.5 cm³/mol. The number of carbonyl (C=O) groups is 1. The molecule has 6 heteroatoms. The number of rotatable bonds is 3. The highest BCUT2D eigenvalue weighted by molar-refractivity contribution is 5.95. The van der Waals surface area contributed by atoms with Crippen molar-refractivity contribution in [3.63, 3.8) is 0 Å². The molecule has 132 valence electrons. The van der Waals surface area contributed by atoms with Crippen LogP contribution >= 0.6 is 0 Å². The molecule has 1 atom stereocenters. The highest BCUT2D eigenvalue weighted by Crippen LogP contribution is 2.30. The van der Waals surface area contributed by atoms with E-state index < -0.39 is 6.10 Å². The van der Waals surface area contributed by atoms with Gasteiger partial charge in [0.15, 0.2) is 6.10 Å². The number of fused-ring (bicyclic) bond motifs is 1. The lowest BCUT2D eigenvalue weighted by Gasteiger charge is -2.11. The fraction of sp³-hybridized carbons (Fsp3) is 0.200. The van der Waals surface area contributed by atoms with E-state index in [1.54, 1.807) is 17.8 Å². The largest absolute Gasteiger partial charge is 0.480 e. The molecule has 1 aliphatic heterocycles. The monoisotopic (exact) mass is 351 g/mol. The zero-order valence-electron chi connectivity index (χ0n) is 14.5. The van der Waals surface area contributed by atoms with E-state index in [0.717, 1.165) is 16.8 Å². The fourth-order valence-electron chi connectivity index (χ4n) is 3.15. The van der Waals surface area contributed by atoms with Gasteiger partial charge < -0.3 is 10.1 Å². The molecule has 0 bridgehead atoms. The fourth-order valence-corrected chi connectivity index (χ4v) is 3.15. The number of halogens is 1. The first-order chi connectivity index (χ1) is 12.5. The average Bonchev–Trinajstić information content (AvgIpc) is 3.19. The number of carbonyl (C=O) groups excluding carboxylic acids is 1. The van der Waals surface area contributed by atoms with Crippen LogP contribution in [0.3, 0.4) is 0 Å². The number of anilines is 1. The molecule has 0 saturated carbocycles. The normalized spacial score (nSPS) is 15.4. The lowest BCUT2D eigenvalue weighted by molar-refractivity contribution is -0.122. The van der Waals surface area contributed by atoms with E-state index in [-0.39, 0.29) is 11.7 Å². The van der Waals surface area contributed by atoms with Crippen LogP contribution in [-0.4, -0.2) is 21.8 Å². The summed E-state index contributed by atoms with van der Waals surface area (Å²) in [7, 11) is 1.77. The standard InChI is InChI=1S/C20H18FN3O2/c1-12-5-3-4-6-15(12)16-11-19(24(2)23-16)22-20(25)18-10-13-9-14(21)7-8-17(13)26-18/h3-9,11,18H,10H2,1-2H3,(H,22,25)/t18-/m1/s1. The highest BCUT2D eigenvalue weighted by Gasteiger charge is 2.30. The van der Waals surface area contributed by atoms with Crippen LogP contribution in [0.1, 0.15) is 11.1 Å². The number of hydrogen-bond acceptors (Lipinski definition) is 3. The summed E-state index contributed by atoms with van der Waals surface area (Å²) in [5.41, 5.74) is 3.62. The van der Waals surface area contributed by atoms with Gasteiger partial charge in [0.1, 0.15) is 17.4 Å². The van der Waals surface area contributed by atoms with Crippen molar-refractivity contribution >= 4 is 11.7 Å². The van der Waals surface area contributed by atoms with Crippen molar-refractivity contribution in [1.82, 2.24) is 9.78 Å². The van der Waals surface area contributed by atoms with E-state index >= 15 is 0 Å². The Labute approximate surface area is 150 Å². The Bertz CT molecular complexity index is 996. The van der Waals surface area contributed by atoms with Gasteiger partial charge in [0.25, 0.3) is 5.91 Å². The third-order valence-electron chi connectivity index (χ3n) is 4.54. The molecule has 0 unspecified atom stereocenters. The van der Waals surface area contributed by atoms with Crippen molar-refractivity contribution < 1.29 is 13.9 Å². The third-order valence-corrected chi connectivity index (χ3v) is 4.54. The molecule has 1 amide bonds. The van der Waals surface area contributed by atoms with E-state index in [9.17, 15) is 9.18 Å². The molecule has 2 aromatic carbocycles. The molecular formula is C20H18FN3O2. The average molecular weight is 351 g/mol. The van der Waals surface area contributed by atoms with Crippen LogP contribution in [-0.2, 0) is 18.3 Å². The van der Waals surface area contributed by atoms with E-state index in [4.69, 9.17) is 4.74 Å². The Balaban J connectivity index is 1.52. The molecule has 1 N–H and O–H groups in total. The first-order valence-corrected chi connectivity index (χ1v) is 8.37. The van der Waals surface area contributed by atoms with Crippen LogP contribution in [0, 0.1) is 12.7 Å². The molecule has 0 aliphatic carbocycles. The maximum Gasteiger partial charge on any atom is 0.266 e. The number of hydrogen-bond donors (Lipinski definition) is 1. The summed E-state index contributed by atoms with van der Waals surface area (Å²) in [5, 5.41) is 7.34. The summed E-state index contributed by atoms with van der Waals surface area (Å²) in [6, 6.07) is 14.1. The Hall–Kier alpha value is -3.15. The Morgan fingerprint density at radius 2 is 2.08 bits per heavy atom. The van der Waals surface area contributed by atoms with Crippen molar-refractivity contribution in [1.29, 1.82) is 0 Å². The molecule has 1 aromatic heterocycles. The molecule has 26 heavy (non-hydrogen) atoms. The van der Waals surface area contributed by atoms with Gasteiger partial charge in [-0.05, 0) is 30.7 Å². The topological polar surface area (TPSA) is 56.1 Å². The highest BCUT2D eigenvalue weighted by atomic mass is 19.1. The number of aromatic nitrogens is 2. The minimum Gasteiger partial charge on any atom is -0.480 e. The van der Waals surface area contributed by atoms with Gasteiger partial charge in [-0.25, -0.2) is 4.39 Å². The Kier molecular flexibility index (Phi) is 3.95. The second kappa shape index (κ2) is 6.29. The van der Waals surface area contributed by atoms with E-state index in [0.29, 0.717) is 23.6 Å². The Morgan fingerprint density at radius 1 is 1.27 bits per heavy atom. The SMILES string of the molecule is Cc1ccccc1-c1cc(NC(=O)[C@H]2Cc3cc(F)ccc3O2)n(C)n1. The zero-order valence-corrected chi connectivity index (χ0v) is 14.5. The van der Waals surface area contributed by atoms with Crippen LogP contribution in [0.2, 0.25) is 0 Å². The molecule has 0 radical (unpaired) electrons. The summed E-state index contributed by atoms with van der Waals surface area (Å²) in [6.45, 7) is 2.02. The minimum atomic E-state index is -0.677. The van der Waals surface area contributed by atoms with Crippen LogP contribution in [0.15, 0.2) is 48.5 Å². The third kappa shape index (κ3) is 2.94. The number of ether oxygens (including phenoxy) is 1. The van der Waals surface area contributed by atoms with Crippen molar-refractivity contribution in [3.8, 4) is 17.0 Å². The number of aryl methyl sites for hydroxylation is 2. The number of amides is 1. The van der Waals surface area contributed by atoms with Gasteiger partial charge in [0.2, 0.25) is 0 Å². The molecule has 3 aromatic rings. The molecule has 1 aliphatic rings. The van der Waals surface area contributed by atoms with Gasteiger partial charge in [-0.3, -0.25) is 9.48 Å². The van der Waals surface area contributed by atoms with E-state index in [1.807, 2.05) is 37.3 Å². The first kappa shape index (κ1) is 16.3. The maximum atomic E-state index is 13.3. The maximum absolute atomic E-state index is 13.3. The molecule has 4 rings (SSSR count).